The third-order valence-corrected chi connectivity index (χ3v) is 6.64. The summed E-state index contributed by atoms with van der Waals surface area (Å²) in [5, 5.41) is 3.38. The number of rotatable bonds is 7. The fourth-order valence-corrected chi connectivity index (χ4v) is 4.99. The molecule has 0 saturated heterocycles. The molecule has 2 aliphatic rings. The van der Waals surface area contributed by atoms with E-state index in [1.54, 1.807) is 20.3 Å². The van der Waals surface area contributed by atoms with Crippen LogP contribution in [0.4, 0.5) is 0 Å². The first-order valence-corrected chi connectivity index (χ1v) is 12.0. The minimum absolute atomic E-state index is 0.0249. The summed E-state index contributed by atoms with van der Waals surface area (Å²) in [5.41, 5.74) is 3.81. The lowest BCUT2D eigenvalue weighted by Gasteiger charge is -2.40. The second-order valence-electron chi connectivity index (χ2n) is 9.53. The molecular weight excluding hydrogens is 442 g/mol. The zero-order valence-electron chi connectivity index (χ0n) is 21.0. The summed E-state index contributed by atoms with van der Waals surface area (Å²) in [4.78, 5) is 27.1. The summed E-state index contributed by atoms with van der Waals surface area (Å²) in [5.74, 6) is -0.0340. The molecule has 1 heterocycles. The summed E-state index contributed by atoms with van der Waals surface area (Å²) >= 11 is 0. The van der Waals surface area contributed by atoms with Crippen LogP contribution in [0.25, 0.3) is 0 Å². The van der Waals surface area contributed by atoms with Gasteiger partial charge in [-0.05, 0) is 24.5 Å². The van der Waals surface area contributed by atoms with Crippen molar-refractivity contribution in [1.82, 2.24) is 5.32 Å². The molecule has 0 amide bonds. The highest BCUT2D eigenvalue weighted by molar-refractivity contribution is 5.96. The van der Waals surface area contributed by atoms with Gasteiger partial charge in [-0.25, -0.2) is 4.79 Å². The number of methoxy groups -OCH3 is 2. The van der Waals surface area contributed by atoms with E-state index in [0.717, 1.165) is 16.8 Å². The van der Waals surface area contributed by atoms with Crippen LogP contribution in [0.1, 0.15) is 50.2 Å². The van der Waals surface area contributed by atoms with Gasteiger partial charge >= 0.3 is 5.97 Å². The molecule has 6 nitrogen and oxygen atoms in total. The highest BCUT2D eigenvalue weighted by Crippen LogP contribution is 2.48. The molecule has 2 aromatic carbocycles. The van der Waals surface area contributed by atoms with Crippen LogP contribution in [-0.4, -0.2) is 32.6 Å². The summed E-state index contributed by atoms with van der Waals surface area (Å²) in [6.45, 7) is 6.15. The lowest BCUT2D eigenvalue weighted by atomic mass is 9.68. The van der Waals surface area contributed by atoms with Crippen LogP contribution in [0, 0.1) is 11.8 Å². The molecule has 0 spiro atoms. The fourth-order valence-electron chi connectivity index (χ4n) is 4.99. The third kappa shape index (κ3) is 4.97. The Balaban J connectivity index is 1.84. The third-order valence-electron chi connectivity index (χ3n) is 6.64. The van der Waals surface area contributed by atoms with E-state index in [2.05, 4.69) is 11.4 Å². The van der Waals surface area contributed by atoms with Gasteiger partial charge in [-0.1, -0.05) is 56.3 Å². The van der Waals surface area contributed by atoms with Crippen molar-refractivity contribution in [2.24, 2.45) is 11.8 Å². The number of fused-ring (bicyclic) bond motifs is 1. The minimum Gasteiger partial charge on any atom is -0.497 e. The molecule has 1 aliphatic carbocycles. The SMILES string of the molecule is COc1ccc(C2C(C(=O)OCC(C)C)=C(C)NC3=CC(c4ccccc4)CC(=O)C32)c(OC)c1. The first-order chi connectivity index (χ1) is 16.8. The molecule has 35 heavy (non-hydrogen) atoms. The van der Waals surface area contributed by atoms with Crippen molar-refractivity contribution in [3.8, 4) is 11.5 Å². The lowest BCUT2D eigenvalue weighted by Crippen LogP contribution is -2.42. The highest BCUT2D eigenvalue weighted by atomic mass is 16.5. The number of hydrogen-bond donors (Lipinski definition) is 1. The quantitative estimate of drug-likeness (QED) is 0.561. The van der Waals surface area contributed by atoms with Gasteiger partial charge in [0.1, 0.15) is 17.3 Å². The van der Waals surface area contributed by atoms with E-state index in [0.29, 0.717) is 35.8 Å². The fraction of sp³-hybridized carbons (Fsp3) is 0.379. The van der Waals surface area contributed by atoms with Gasteiger partial charge in [-0.15, -0.1) is 0 Å². The van der Waals surface area contributed by atoms with E-state index in [1.807, 2.05) is 63.2 Å². The smallest absolute Gasteiger partial charge is 0.336 e. The monoisotopic (exact) mass is 475 g/mol. The van der Waals surface area contributed by atoms with Crippen molar-refractivity contribution in [2.45, 2.75) is 39.0 Å². The summed E-state index contributed by atoms with van der Waals surface area (Å²) in [7, 11) is 3.17. The highest BCUT2D eigenvalue weighted by Gasteiger charge is 2.46. The predicted octanol–water partition coefficient (Wildman–Crippen LogP) is 5.12. The van der Waals surface area contributed by atoms with Crippen LogP contribution in [0.2, 0.25) is 0 Å². The van der Waals surface area contributed by atoms with Crippen LogP contribution in [0.3, 0.4) is 0 Å². The maximum atomic E-state index is 13.7. The predicted molar refractivity (Wildman–Crippen MR) is 134 cm³/mol. The number of carbonyl (C=O) groups is 2. The molecule has 3 unspecified atom stereocenters. The molecule has 2 aromatic rings. The number of ether oxygens (including phenoxy) is 3. The Hall–Kier alpha value is -3.54. The topological polar surface area (TPSA) is 73.9 Å². The Kier molecular flexibility index (Phi) is 7.29. The molecule has 184 valence electrons. The number of benzene rings is 2. The second kappa shape index (κ2) is 10.4. The number of carbonyl (C=O) groups excluding carboxylic acids is 2. The van der Waals surface area contributed by atoms with Crippen molar-refractivity contribution in [2.75, 3.05) is 20.8 Å². The molecule has 1 N–H and O–H groups in total. The van der Waals surface area contributed by atoms with Crippen LogP contribution in [0.15, 0.2) is 71.6 Å². The second-order valence-corrected chi connectivity index (χ2v) is 9.53. The molecule has 0 aromatic heterocycles. The van der Waals surface area contributed by atoms with E-state index in [4.69, 9.17) is 14.2 Å². The molecule has 4 rings (SSSR count). The maximum absolute atomic E-state index is 13.7. The first kappa shape index (κ1) is 24.6. The van der Waals surface area contributed by atoms with Crippen molar-refractivity contribution in [3.63, 3.8) is 0 Å². The van der Waals surface area contributed by atoms with E-state index >= 15 is 0 Å². The van der Waals surface area contributed by atoms with E-state index in [-0.39, 0.29) is 17.6 Å². The van der Waals surface area contributed by atoms with Crippen LogP contribution in [-0.2, 0) is 14.3 Å². The Labute approximate surface area is 207 Å². The number of nitrogens with one attached hydrogen (secondary N) is 1. The Morgan fingerprint density at radius 3 is 2.46 bits per heavy atom. The van der Waals surface area contributed by atoms with E-state index in [1.165, 1.54) is 0 Å². The number of Topliss-reactive ketones (excluding diaryl/α,β-unsaturated/α-hetero) is 1. The Morgan fingerprint density at radius 1 is 1.06 bits per heavy atom. The van der Waals surface area contributed by atoms with Gasteiger partial charge in [0.15, 0.2) is 0 Å². The maximum Gasteiger partial charge on any atom is 0.336 e. The van der Waals surface area contributed by atoms with Gasteiger partial charge in [0.2, 0.25) is 0 Å². The van der Waals surface area contributed by atoms with Crippen molar-refractivity contribution < 1.29 is 23.8 Å². The number of allylic oxidation sites excluding steroid dienone is 3. The number of hydrogen-bond acceptors (Lipinski definition) is 6. The van der Waals surface area contributed by atoms with Gasteiger partial charge in [0.05, 0.1) is 32.3 Å². The summed E-state index contributed by atoms with van der Waals surface area (Å²) in [6, 6.07) is 15.5. The van der Waals surface area contributed by atoms with E-state index < -0.39 is 17.8 Å². The van der Waals surface area contributed by atoms with Crippen molar-refractivity contribution in [3.05, 3.63) is 82.7 Å². The number of ketones is 1. The molecule has 6 heteroatoms. The van der Waals surface area contributed by atoms with Crippen molar-refractivity contribution in [1.29, 1.82) is 0 Å². The van der Waals surface area contributed by atoms with Gasteiger partial charge in [0.25, 0.3) is 0 Å². The zero-order valence-corrected chi connectivity index (χ0v) is 21.0. The normalized spacial score (nSPS) is 21.7. The van der Waals surface area contributed by atoms with Crippen LogP contribution in [0.5, 0.6) is 11.5 Å². The van der Waals surface area contributed by atoms with Gasteiger partial charge in [-0.3, -0.25) is 4.79 Å². The van der Waals surface area contributed by atoms with Gasteiger partial charge < -0.3 is 19.5 Å². The van der Waals surface area contributed by atoms with Crippen LogP contribution >= 0.6 is 0 Å². The average molecular weight is 476 g/mol. The van der Waals surface area contributed by atoms with Gasteiger partial charge in [0, 0.05) is 41.3 Å². The van der Waals surface area contributed by atoms with Gasteiger partial charge in [-0.2, -0.15) is 0 Å². The lowest BCUT2D eigenvalue weighted by molar-refractivity contribution is -0.140. The molecule has 0 fully saturated rings. The molecule has 0 saturated carbocycles. The average Bonchev–Trinajstić information content (AvgIpc) is 2.86. The Morgan fingerprint density at radius 2 is 1.80 bits per heavy atom. The molecular formula is C29H33NO5. The molecule has 0 bridgehead atoms. The number of esters is 1. The Bertz CT molecular complexity index is 1160. The molecule has 1 aliphatic heterocycles. The van der Waals surface area contributed by atoms with Crippen LogP contribution < -0.4 is 14.8 Å². The zero-order chi connectivity index (χ0) is 25.1. The molecule has 0 radical (unpaired) electrons. The first-order valence-electron chi connectivity index (χ1n) is 12.0. The minimum atomic E-state index is -0.539. The largest absolute Gasteiger partial charge is 0.497 e. The van der Waals surface area contributed by atoms with E-state index in [9.17, 15) is 9.59 Å². The standard InChI is InChI=1S/C29H33NO5/c1-17(2)16-35-29(32)26-18(3)30-23-13-20(19-9-7-6-8-10-19)14-24(31)28(23)27(26)22-12-11-21(33-4)15-25(22)34-5/h6-13,15,17,20,27-28,30H,14,16H2,1-5H3. The summed E-state index contributed by atoms with van der Waals surface area (Å²) in [6.07, 6.45) is 2.49. The summed E-state index contributed by atoms with van der Waals surface area (Å²) < 4.78 is 16.7. The molecule has 3 atom stereocenters. The van der Waals surface area contributed by atoms with Crippen molar-refractivity contribution >= 4 is 11.8 Å².